The Hall–Kier alpha value is -1.48. The molecule has 0 radical (unpaired) electrons. The molecule has 1 unspecified atom stereocenters. The Bertz CT molecular complexity index is 585. The molecule has 1 N–H and O–H groups in total. The van der Waals surface area contributed by atoms with Crippen molar-refractivity contribution in [3.05, 3.63) is 58.6 Å². The van der Waals surface area contributed by atoms with E-state index in [0.717, 1.165) is 29.7 Å². The summed E-state index contributed by atoms with van der Waals surface area (Å²) >= 11 is 3.46. The largest absolute Gasteiger partial charge is 0.493 e. The number of fused-ring (bicyclic) bond motifs is 1. The van der Waals surface area contributed by atoms with E-state index in [4.69, 9.17) is 4.74 Å². The van der Waals surface area contributed by atoms with Crippen molar-refractivity contribution in [1.82, 2.24) is 0 Å². The first kappa shape index (κ1) is 13.5. The van der Waals surface area contributed by atoms with E-state index in [9.17, 15) is 0 Å². The molecule has 0 bridgehead atoms. The predicted octanol–water partition coefficient (Wildman–Crippen LogP) is 4.64. The molecule has 0 aliphatic carbocycles. The van der Waals surface area contributed by atoms with Gasteiger partial charge in [-0.25, -0.2) is 0 Å². The molecule has 1 atom stereocenters. The SMILES string of the molecule is Brc1cccc(OCCC2CCc3ccccc3N2)c1. The Balaban J connectivity index is 1.51. The molecule has 2 aromatic rings. The minimum atomic E-state index is 0.511. The molecule has 0 saturated carbocycles. The van der Waals surface area contributed by atoms with Crippen LogP contribution in [0, 0.1) is 0 Å². The zero-order valence-electron chi connectivity index (χ0n) is 11.3. The topological polar surface area (TPSA) is 21.3 Å². The highest BCUT2D eigenvalue weighted by atomic mass is 79.9. The number of ether oxygens (including phenoxy) is 1. The van der Waals surface area contributed by atoms with Gasteiger partial charge in [-0.3, -0.25) is 0 Å². The fraction of sp³-hybridized carbons (Fsp3) is 0.294. The Kier molecular flexibility index (Phi) is 4.26. The molecular weight excluding hydrogens is 314 g/mol. The number of aryl methyl sites for hydroxylation is 1. The third kappa shape index (κ3) is 3.34. The van der Waals surface area contributed by atoms with Crippen LogP contribution in [-0.2, 0) is 6.42 Å². The van der Waals surface area contributed by atoms with Crippen molar-refractivity contribution in [3.63, 3.8) is 0 Å². The molecule has 3 rings (SSSR count). The number of para-hydroxylation sites is 1. The van der Waals surface area contributed by atoms with Crippen molar-refractivity contribution < 1.29 is 4.74 Å². The minimum absolute atomic E-state index is 0.511. The molecule has 104 valence electrons. The van der Waals surface area contributed by atoms with Gasteiger partial charge in [-0.2, -0.15) is 0 Å². The molecule has 20 heavy (non-hydrogen) atoms. The Morgan fingerprint density at radius 1 is 1.15 bits per heavy atom. The average Bonchev–Trinajstić information content (AvgIpc) is 2.47. The molecular formula is C17H18BrNO. The van der Waals surface area contributed by atoms with Gasteiger partial charge in [0.05, 0.1) is 6.61 Å². The molecule has 2 aromatic carbocycles. The number of benzene rings is 2. The summed E-state index contributed by atoms with van der Waals surface area (Å²) in [6, 6.07) is 17.1. The zero-order chi connectivity index (χ0) is 13.8. The summed E-state index contributed by atoms with van der Waals surface area (Å²) in [5, 5.41) is 3.61. The van der Waals surface area contributed by atoms with Crippen LogP contribution >= 0.6 is 15.9 Å². The van der Waals surface area contributed by atoms with E-state index in [1.165, 1.54) is 17.7 Å². The van der Waals surface area contributed by atoms with Gasteiger partial charge in [-0.05, 0) is 42.7 Å². The van der Waals surface area contributed by atoms with E-state index in [1.54, 1.807) is 0 Å². The average molecular weight is 332 g/mol. The molecule has 0 fully saturated rings. The van der Waals surface area contributed by atoms with Gasteiger partial charge in [0.15, 0.2) is 0 Å². The second-order valence-corrected chi connectivity index (χ2v) is 6.05. The highest BCUT2D eigenvalue weighted by Crippen LogP contribution is 2.25. The quantitative estimate of drug-likeness (QED) is 0.880. The van der Waals surface area contributed by atoms with Crippen LogP contribution < -0.4 is 10.1 Å². The van der Waals surface area contributed by atoms with Gasteiger partial charge in [0, 0.05) is 22.6 Å². The summed E-state index contributed by atoms with van der Waals surface area (Å²) in [5.74, 6) is 0.926. The number of hydrogen-bond acceptors (Lipinski definition) is 2. The number of halogens is 1. The molecule has 3 heteroatoms. The smallest absolute Gasteiger partial charge is 0.120 e. The first-order valence-corrected chi connectivity index (χ1v) is 7.83. The Morgan fingerprint density at radius 3 is 2.95 bits per heavy atom. The highest BCUT2D eigenvalue weighted by Gasteiger charge is 2.16. The van der Waals surface area contributed by atoms with Crippen molar-refractivity contribution in [2.75, 3.05) is 11.9 Å². The van der Waals surface area contributed by atoms with Gasteiger partial charge < -0.3 is 10.1 Å². The fourth-order valence-corrected chi connectivity index (χ4v) is 2.97. The molecule has 0 amide bonds. The maximum atomic E-state index is 5.81. The van der Waals surface area contributed by atoms with Crippen molar-refractivity contribution in [2.45, 2.75) is 25.3 Å². The monoisotopic (exact) mass is 331 g/mol. The van der Waals surface area contributed by atoms with Crippen LogP contribution in [-0.4, -0.2) is 12.6 Å². The lowest BCUT2D eigenvalue weighted by Gasteiger charge is -2.27. The third-order valence-corrected chi connectivity index (χ3v) is 4.16. The van der Waals surface area contributed by atoms with Crippen molar-refractivity contribution in [1.29, 1.82) is 0 Å². The van der Waals surface area contributed by atoms with Crippen LogP contribution in [0.4, 0.5) is 5.69 Å². The Labute approximate surface area is 128 Å². The summed E-state index contributed by atoms with van der Waals surface area (Å²) in [4.78, 5) is 0. The van der Waals surface area contributed by atoms with Crippen LogP contribution in [0.3, 0.4) is 0 Å². The van der Waals surface area contributed by atoms with Gasteiger partial charge in [0.1, 0.15) is 5.75 Å². The molecule has 1 aliphatic rings. The summed E-state index contributed by atoms with van der Waals surface area (Å²) in [6.07, 6.45) is 3.37. The lowest BCUT2D eigenvalue weighted by molar-refractivity contribution is 0.297. The first-order valence-electron chi connectivity index (χ1n) is 7.04. The first-order chi connectivity index (χ1) is 9.81. The van der Waals surface area contributed by atoms with E-state index in [2.05, 4.69) is 45.5 Å². The zero-order valence-corrected chi connectivity index (χ0v) is 12.9. The molecule has 0 spiro atoms. The van der Waals surface area contributed by atoms with Gasteiger partial charge in [0.25, 0.3) is 0 Å². The lowest BCUT2D eigenvalue weighted by Crippen LogP contribution is -2.27. The lowest BCUT2D eigenvalue weighted by atomic mass is 9.96. The van der Waals surface area contributed by atoms with Gasteiger partial charge in [-0.15, -0.1) is 0 Å². The van der Waals surface area contributed by atoms with Gasteiger partial charge in [-0.1, -0.05) is 40.2 Å². The minimum Gasteiger partial charge on any atom is -0.493 e. The van der Waals surface area contributed by atoms with Crippen LogP contribution in [0.5, 0.6) is 5.75 Å². The highest BCUT2D eigenvalue weighted by molar-refractivity contribution is 9.10. The predicted molar refractivity (Wildman–Crippen MR) is 86.4 cm³/mol. The van der Waals surface area contributed by atoms with Crippen molar-refractivity contribution in [3.8, 4) is 5.75 Å². The number of anilines is 1. The molecule has 0 aromatic heterocycles. The second-order valence-electron chi connectivity index (χ2n) is 5.13. The van der Waals surface area contributed by atoms with E-state index in [0.29, 0.717) is 6.04 Å². The number of nitrogens with one attached hydrogen (secondary N) is 1. The molecule has 1 heterocycles. The maximum absolute atomic E-state index is 5.81. The van der Waals surface area contributed by atoms with E-state index in [-0.39, 0.29) is 0 Å². The summed E-state index contributed by atoms with van der Waals surface area (Å²) in [5.41, 5.74) is 2.71. The number of hydrogen-bond donors (Lipinski definition) is 1. The second kappa shape index (κ2) is 6.31. The van der Waals surface area contributed by atoms with E-state index in [1.807, 2.05) is 24.3 Å². The summed E-state index contributed by atoms with van der Waals surface area (Å²) in [6.45, 7) is 0.746. The van der Waals surface area contributed by atoms with Crippen LogP contribution in [0.25, 0.3) is 0 Å². The van der Waals surface area contributed by atoms with Crippen LogP contribution in [0.1, 0.15) is 18.4 Å². The van der Waals surface area contributed by atoms with Crippen molar-refractivity contribution >= 4 is 21.6 Å². The van der Waals surface area contributed by atoms with Gasteiger partial charge in [0.2, 0.25) is 0 Å². The van der Waals surface area contributed by atoms with Crippen LogP contribution in [0.15, 0.2) is 53.0 Å². The van der Waals surface area contributed by atoms with E-state index < -0.39 is 0 Å². The Morgan fingerprint density at radius 2 is 2.05 bits per heavy atom. The third-order valence-electron chi connectivity index (χ3n) is 3.67. The number of rotatable bonds is 4. The molecule has 1 aliphatic heterocycles. The standard InChI is InChI=1S/C17H18BrNO/c18-14-5-3-6-16(12-14)20-11-10-15-9-8-13-4-1-2-7-17(13)19-15/h1-7,12,15,19H,8-11H2. The van der Waals surface area contributed by atoms with E-state index >= 15 is 0 Å². The summed E-state index contributed by atoms with van der Waals surface area (Å²) < 4.78 is 6.86. The van der Waals surface area contributed by atoms with Crippen LogP contribution in [0.2, 0.25) is 0 Å². The molecule has 0 saturated heterocycles. The summed E-state index contributed by atoms with van der Waals surface area (Å²) in [7, 11) is 0. The molecule has 2 nitrogen and oxygen atoms in total. The maximum Gasteiger partial charge on any atom is 0.120 e. The fourth-order valence-electron chi connectivity index (χ4n) is 2.59. The van der Waals surface area contributed by atoms with Crippen molar-refractivity contribution in [2.24, 2.45) is 0 Å². The normalized spacial score (nSPS) is 17.1. The van der Waals surface area contributed by atoms with Gasteiger partial charge >= 0.3 is 0 Å².